The molecule has 1 aliphatic heterocycles. The topological polar surface area (TPSA) is 75.7 Å². The summed E-state index contributed by atoms with van der Waals surface area (Å²) in [5.41, 5.74) is 1.48. The largest absolute Gasteiger partial charge is 0.492 e. The molecule has 1 N–H and O–H groups in total. The number of nitrogens with one attached hydrogen (secondary N) is 1. The molecule has 0 aliphatic carbocycles. The summed E-state index contributed by atoms with van der Waals surface area (Å²) in [4.78, 5) is 14.2. The number of para-hydroxylation sites is 1. The summed E-state index contributed by atoms with van der Waals surface area (Å²) in [6, 6.07) is 10.7. The fourth-order valence-corrected chi connectivity index (χ4v) is 4.82. The highest BCUT2D eigenvalue weighted by molar-refractivity contribution is 7.89. The average molecular weight is 485 g/mol. The van der Waals surface area contributed by atoms with Gasteiger partial charge in [0.1, 0.15) is 11.6 Å². The van der Waals surface area contributed by atoms with Gasteiger partial charge in [-0.2, -0.15) is 8.78 Å². The molecular weight excluding hydrogens is 457 g/mol. The monoisotopic (exact) mass is 484 g/mol. The van der Waals surface area contributed by atoms with Crippen molar-refractivity contribution in [3.05, 3.63) is 53.8 Å². The molecule has 3 rings (SSSR count). The fraction of sp³-hybridized carbons (Fsp3) is 0.435. The first kappa shape index (κ1) is 25.0. The number of halogens is 3. The Labute approximate surface area is 191 Å². The van der Waals surface area contributed by atoms with Crippen molar-refractivity contribution in [3.63, 3.8) is 0 Å². The van der Waals surface area contributed by atoms with Gasteiger partial charge in [-0.1, -0.05) is 36.4 Å². The Morgan fingerprint density at radius 2 is 1.88 bits per heavy atom. The number of ether oxygens (including phenoxy) is 1. The van der Waals surface area contributed by atoms with Crippen molar-refractivity contribution in [3.8, 4) is 16.9 Å². The Bertz CT molecular complexity index is 1090. The van der Waals surface area contributed by atoms with E-state index in [1.54, 1.807) is 56.3 Å². The molecule has 1 amide bonds. The number of amides is 1. The zero-order chi connectivity index (χ0) is 24.2. The van der Waals surface area contributed by atoms with Gasteiger partial charge >= 0.3 is 5.76 Å². The van der Waals surface area contributed by atoms with Crippen LogP contribution >= 0.6 is 0 Å². The van der Waals surface area contributed by atoms with Crippen molar-refractivity contribution in [2.24, 2.45) is 0 Å². The minimum Gasteiger partial charge on any atom is -0.492 e. The van der Waals surface area contributed by atoms with E-state index in [1.807, 2.05) is 4.72 Å². The van der Waals surface area contributed by atoms with Crippen LogP contribution in [0.1, 0.15) is 31.7 Å². The summed E-state index contributed by atoms with van der Waals surface area (Å²) in [6.45, 7) is 3.74. The van der Waals surface area contributed by atoms with Crippen LogP contribution in [0, 0.1) is 12.7 Å². The summed E-state index contributed by atoms with van der Waals surface area (Å²) in [7, 11) is -4.75. The van der Waals surface area contributed by atoms with Crippen LogP contribution in [-0.4, -0.2) is 50.2 Å². The molecule has 6 nitrogen and oxygen atoms in total. The Morgan fingerprint density at radius 3 is 2.61 bits per heavy atom. The number of alkyl halides is 2. The Morgan fingerprint density at radius 1 is 1.18 bits per heavy atom. The normalized spacial score (nSPS) is 19.0. The summed E-state index contributed by atoms with van der Waals surface area (Å²) >= 11 is 0. The smallest absolute Gasteiger partial charge is 0.350 e. The lowest BCUT2D eigenvalue weighted by Crippen LogP contribution is -2.56. The number of piperidine rings is 1. The molecule has 0 saturated carbocycles. The molecule has 2 aromatic carbocycles. The zero-order valence-corrected chi connectivity index (χ0v) is 19.2. The number of rotatable bonds is 8. The Balaban J connectivity index is 1.64. The van der Waals surface area contributed by atoms with E-state index >= 15 is 0 Å². The summed E-state index contributed by atoms with van der Waals surface area (Å²) < 4.78 is 70.9. The number of hydrogen-bond donors (Lipinski definition) is 1. The van der Waals surface area contributed by atoms with Gasteiger partial charge in [-0.15, -0.1) is 0 Å². The number of likely N-dealkylation sites (tertiary alicyclic amines) is 1. The number of nitrogens with zero attached hydrogens (tertiary/aromatic N) is 1. The minimum absolute atomic E-state index is 0.00326. The van der Waals surface area contributed by atoms with E-state index in [2.05, 4.69) is 0 Å². The highest BCUT2D eigenvalue weighted by Gasteiger charge is 2.36. The summed E-state index contributed by atoms with van der Waals surface area (Å²) in [5.74, 6) is -3.71. The van der Waals surface area contributed by atoms with Crippen molar-refractivity contribution in [2.75, 3.05) is 13.2 Å². The maximum atomic E-state index is 14.6. The first-order valence-electron chi connectivity index (χ1n) is 10.7. The molecule has 0 unspecified atom stereocenters. The molecule has 1 aliphatic rings. The second-order valence-electron chi connectivity index (χ2n) is 8.03. The van der Waals surface area contributed by atoms with Crippen molar-refractivity contribution in [2.45, 2.75) is 51.0 Å². The van der Waals surface area contributed by atoms with Gasteiger partial charge in [0, 0.05) is 29.8 Å². The van der Waals surface area contributed by atoms with Crippen LogP contribution in [0.4, 0.5) is 13.2 Å². The second kappa shape index (κ2) is 10.6. The van der Waals surface area contributed by atoms with Crippen LogP contribution in [0.2, 0.25) is 0 Å². The van der Waals surface area contributed by atoms with Gasteiger partial charge in [0.25, 0.3) is 10.0 Å². The fourth-order valence-electron chi connectivity index (χ4n) is 3.98. The molecule has 2 aromatic rings. The summed E-state index contributed by atoms with van der Waals surface area (Å²) in [6.07, 6.45) is 0.856. The molecule has 10 heteroatoms. The molecule has 1 saturated heterocycles. The Hall–Kier alpha value is -2.59. The predicted molar refractivity (Wildman–Crippen MR) is 119 cm³/mol. The number of benzene rings is 2. The SMILES string of the molecule is Cc1cccc(-c2ccccc2OCCC(=O)N2CCC[C@H](NS(=O)(=O)C(F)F)[C@@H]2C)c1F. The maximum absolute atomic E-state index is 14.6. The quantitative estimate of drug-likeness (QED) is 0.613. The van der Waals surface area contributed by atoms with Crippen molar-refractivity contribution in [1.29, 1.82) is 0 Å². The van der Waals surface area contributed by atoms with Gasteiger partial charge in [0.05, 0.1) is 13.0 Å². The predicted octanol–water partition coefficient (Wildman–Crippen LogP) is 4.09. The molecule has 180 valence electrons. The van der Waals surface area contributed by atoms with E-state index in [-0.39, 0.29) is 24.8 Å². The van der Waals surface area contributed by atoms with E-state index in [4.69, 9.17) is 4.74 Å². The highest BCUT2D eigenvalue weighted by Crippen LogP contribution is 2.33. The van der Waals surface area contributed by atoms with E-state index in [0.29, 0.717) is 41.8 Å². The van der Waals surface area contributed by atoms with Crippen LogP contribution in [0.5, 0.6) is 5.75 Å². The highest BCUT2D eigenvalue weighted by atomic mass is 32.2. The molecule has 1 fully saturated rings. The number of sulfonamides is 1. The first-order chi connectivity index (χ1) is 15.6. The van der Waals surface area contributed by atoms with E-state index < -0.39 is 27.9 Å². The van der Waals surface area contributed by atoms with E-state index in [0.717, 1.165) is 0 Å². The van der Waals surface area contributed by atoms with Gasteiger partial charge in [-0.3, -0.25) is 4.79 Å². The molecule has 1 heterocycles. The van der Waals surface area contributed by atoms with Gasteiger partial charge in [-0.05, 0) is 38.3 Å². The lowest BCUT2D eigenvalue weighted by Gasteiger charge is -2.39. The molecule has 0 bridgehead atoms. The molecular formula is C23H27F3N2O4S. The van der Waals surface area contributed by atoms with Crippen molar-refractivity contribution < 1.29 is 31.1 Å². The van der Waals surface area contributed by atoms with Gasteiger partial charge in [0.15, 0.2) is 0 Å². The number of aryl methyl sites for hydroxylation is 1. The Kier molecular flexibility index (Phi) is 8.01. The van der Waals surface area contributed by atoms with Gasteiger partial charge in [-0.25, -0.2) is 17.5 Å². The summed E-state index contributed by atoms with van der Waals surface area (Å²) in [5, 5.41) is 0. The third-order valence-electron chi connectivity index (χ3n) is 5.80. The molecule has 2 atom stereocenters. The first-order valence-corrected chi connectivity index (χ1v) is 12.2. The zero-order valence-electron chi connectivity index (χ0n) is 18.4. The second-order valence-corrected chi connectivity index (χ2v) is 9.71. The molecule has 0 spiro atoms. The molecule has 0 radical (unpaired) electrons. The average Bonchev–Trinajstić information content (AvgIpc) is 2.77. The van der Waals surface area contributed by atoms with Crippen LogP contribution in [0.25, 0.3) is 11.1 Å². The lowest BCUT2D eigenvalue weighted by atomic mass is 9.98. The van der Waals surface area contributed by atoms with E-state index in [1.165, 1.54) is 4.90 Å². The van der Waals surface area contributed by atoms with Crippen molar-refractivity contribution in [1.82, 2.24) is 9.62 Å². The number of hydrogen-bond acceptors (Lipinski definition) is 4. The van der Waals surface area contributed by atoms with Crippen LogP contribution < -0.4 is 9.46 Å². The number of carbonyl (C=O) groups excluding carboxylic acids is 1. The third kappa shape index (κ3) is 5.86. The van der Waals surface area contributed by atoms with Crippen molar-refractivity contribution >= 4 is 15.9 Å². The molecule has 33 heavy (non-hydrogen) atoms. The molecule has 0 aromatic heterocycles. The third-order valence-corrected chi connectivity index (χ3v) is 6.90. The minimum atomic E-state index is -4.75. The van der Waals surface area contributed by atoms with E-state index in [9.17, 15) is 26.4 Å². The van der Waals surface area contributed by atoms with Gasteiger partial charge < -0.3 is 9.64 Å². The maximum Gasteiger partial charge on any atom is 0.350 e. The standard InChI is InChI=1S/C23H27F3N2O4S/c1-15-7-5-9-18(22(15)24)17-8-3-4-11-20(17)32-14-12-21(29)28-13-6-10-19(16(28)2)27-33(30,31)23(25)26/h3-5,7-9,11,16,19,23,27H,6,10,12-14H2,1-2H3/t16-,19-/m0/s1. The number of carbonyl (C=O) groups is 1. The van der Waals surface area contributed by atoms with Crippen LogP contribution in [-0.2, 0) is 14.8 Å². The van der Waals surface area contributed by atoms with Crippen LogP contribution in [0.15, 0.2) is 42.5 Å². The lowest BCUT2D eigenvalue weighted by molar-refractivity contribution is -0.135. The van der Waals surface area contributed by atoms with Gasteiger partial charge in [0.2, 0.25) is 5.91 Å². The van der Waals surface area contributed by atoms with Crippen LogP contribution in [0.3, 0.4) is 0 Å².